The van der Waals surface area contributed by atoms with Crippen LogP contribution in [0.2, 0.25) is 0 Å². The number of amides is 2. The summed E-state index contributed by atoms with van der Waals surface area (Å²) >= 11 is 0. The molecule has 0 spiro atoms. The van der Waals surface area contributed by atoms with Gasteiger partial charge < -0.3 is 24.0 Å². The van der Waals surface area contributed by atoms with Crippen molar-refractivity contribution in [2.75, 3.05) is 31.1 Å². The standard InChI is InChI=1S/C24H22F2N4O4/c1-14-4-6-30-19(12-16-13-28(24(32)33)7-8-34-16)23(27-20(30)9-14)22-17(25)10-15(11-18(22)26)29-5-2-3-21(29)31/h2-4,6,9-11,16H,5,7-8,12-13H2,1H3,(H,32,33). The van der Waals surface area contributed by atoms with E-state index < -0.39 is 23.8 Å². The van der Waals surface area contributed by atoms with Crippen molar-refractivity contribution in [1.29, 1.82) is 0 Å². The highest BCUT2D eigenvalue weighted by Gasteiger charge is 2.29. The van der Waals surface area contributed by atoms with E-state index in [1.165, 1.54) is 15.9 Å². The number of nitrogens with zero attached hydrogens (tertiary/aromatic N) is 4. The van der Waals surface area contributed by atoms with Gasteiger partial charge in [0.2, 0.25) is 0 Å². The maximum atomic E-state index is 15.3. The molecule has 1 N–H and O–H groups in total. The Kier molecular flexibility index (Phi) is 5.52. The molecule has 176 valence electrons. The van der Waals surface area contributed by atoms with Crippen LogP contribution in [-0.2, 0) is 16.0 Å². The summed E-state index contributed by atoms with van der Waals surface area (Å²) in [5.41, 5.74) is 1.90. The Morgan fingerprint density at radius 2 is 2.03 bits per heavy atom. The lowest BCUT2D eigenvalue weighted by atomic mass is 10.0. The molecule has 2 amide bonds. The molecule has 3 aromatic rings. The molecule has 4 heterocycles. The van der Waals surface area contributed by atoms with Crippen LogP contribution in [0.5, 0.6) is 0 Å². The first-order chi connectivity index (χ1) is 16.3. The summed E-state index contributed by atoms with van der Waals surface area (Å²) in [6.45, 7) is 2.77. The molecule has 1 unspecified atom stereocenters. The van der Waals surface area contributed by atoms with Crippen molar-refractivity contribution in [3.8, 4) is 11.3 Å². The van der Waals surface area contributed by atoms with Crippen LogP contribution in [0.15, 0.2) is 42.6 Å². The Hall–Kier alpha value is -3.79. The Bertz CT molecular complexity index is 1310. The highest BCUT2D eigenvalue weighted by Crippen LogP contribution is 2.34. The average molecular weight is 468 g/mol. The lowest BCUT2D eigenvalue weighted by Gasteiger charge is -2.31. The highest BCUT2D eigenvalue weighted by atomic mass is 19.1. The van der Waals surface area contributed by atoms with Gasteiger partial charge in [0.25, 0.3) is 5.91 Å². The van der Waals surface area contributed by atoms with Crippen molar-refractivity contribution in [3.05, 3.63) is 65.5 Å². The Morgan fingerprint density at radius 3 is 2.71 bits per heavy atom. The Morgan fingerprint density at radius 1 is 1.26 bits per heavy atom. The minimum atomic E-state index is -1.04. The number of rotatable bonds is 4. The highest BCUT2D eigenvalue weighted by molar-refractivity contribution is 6.04. The zero-order chi connectivity index (χ0) is 24.0. The minimum Gasteiger partial charge on any atom is -0.465 e. The first-order valence-electron chi connectivity index (χ1n) is 10.9. The van der Waals surface area contributed by atoms with Gasteiger partial charge in [0.1, 0.15) is 17.3 Å². The van der Waals surface area contributed by atoms with E-state index in [-0.39, 0.29) is 55.5 Å². The van der Waals surface area contributed by atoms with E-state index >= 15 is 8.78 Å². The second kappa shape index (κ2) is 8.53. The molecule has 1 saturated heterocycles. The van der Waals surface area contributed by atoms with Gasteiger partial charge in [-0.3, -0.25) is 4.79 Å². The molecule has 0 bridgehead atoms. The van der Waals surface area contributed by atoms with Crippen LogP contribution in [0.3, 0.4) is 0 Å². The summed E-state index contributed by atoms with van der Waals surface area (Å²) < 4.78 is 38.2. The van der Waals surface area contributed by atoms with Crippen LogP contribution in [-0.4, -0.2) is 63.7 Å². The van der Waals surface area contributed by atoms with Crippen molar-refractivity contribution in [2.24, 2.45) is 0 Å². The van der Waals surface area contributed by atoms with Crippen LogP contribution in [0, 0.1) is 18.6 Å². The van der Waals surface area contributed by atoms with Gasteiger partial charge in [-0.25, -0.2) is 18.6 Å². The van der Waals surface area contributed by atoms with Gasteiger partial charge in [-0.05, 0) is 36.8 Å². The first kappa shape index (κ1) is 22.0. The predicted octanol–water partition coefficient (Wildman–Crippen LogP) is 3.41. The second-order valence-electron chi connectivity index (χ2n) is 8.40. The number of hydrogen-bond donors (Lipinski definition) is 1. The van der Waals surface area contributed by atoms with Gasteiger partial charge in [-0.2, -0.15) is 0 Å². The number of fused-ring (bicyclic) bond motifs is 1. The summed E-state index contributed by atoms with van der Waals surface area (Å²) in [6, 6.07) is 5.92. The third-order valence-electron chi connectivity index (χ3n) is 6.10. The number of anilines is 1. The third kappa shape index (κ3) is 3.90. The lowest BCUT2D eigenvalue weighted by Crippen LogP contribution is -2.45. The van der Waals surface area contributed by atoms with Crippen LogP contribution in [0.4, 0.5) is 19.3 Å². The summed E-state index contributed by atoms with van der Waals surface area (Å²) in [6.07, 6.45) is 3.42. The number of carbonyl (C=O) groups excluding carboxylic acids is 1. The van der Waals surface area contributed by atoms with E-state index in [0.717, 1.165) is 17.7 Å². The number of hydrogen-bond acceptors (Lipinski definition) is 4. The molecule has 1 aromatic carbocycles. The average Bonchev–Trinajstić information content (AvgIpc) is 3.37. The van der Waals surface area contributed by atoms with Gasteiger partial charge >= 0.3 is 6.09 Å². The molecule has 2 aliphatic heterocycles. The van der Waals surface area contributed by atoms with Gasteiger partial charge in [-0.15, -0.1) is 0 Å². The van der Waals surface area contributed by atoms with E-state index in [9.17, 15) is 14.7 Å². The summed E-state index contributed by atoms with van der Waals surface area (Å²) in [4.78, 5) is 30.5. The van der Waals surface area contributed by atoms with E-state index in [4.69, 9.17) is 4.74 Å². The number of carbonyl (C=O) groups is 2. The smallest absolute Gasteiger partial charge is 0.407 e. The van der Waals surface area contributed by atoms with E-state index in [1.54, 1.807) is 22.7 Å². The van der Waals surface area contributed by atoms with Crippen molar-refractivity contribution in [2.45, 2.75) is 19.4 Å². The third-order valence-corrected chi connectivity index (χ3v) is 6.10. The largest absolute Gasteiger partial charge is 0.465 e. The maximum Gasteiger partial charge on any atom is 0.407 e. The van der Waals surface area contributed by atoms with Gasteiger partial charge in [0, 0.05) is 31.8 Å². The SMILES string of the molecule is Cc1ccn2c(CC3CN(C(=O)O)CCO3)c(-c3c(F)cc(N4CC=CC4=O)cc3F)nc2c1. The number of aryl methyl sites for hydroxylation is 1. The predicted molar refractivity (Wildman–Crippen MR) is 120 cm³/mol. The zero-order valence-electron chi connectivity index (χ0n) is 18.4. The molecular formula is C24H22F2N4O4. The minimum absolute atomic E-state index is 0.120. The molecular weight excluding hydrogens is 446 g/mol. The molecule has 2 aliphatic rings. The molecule has 8 nitrogen and oxygen atoms in total. The van der Waals surface area contributed by atoms with Crippen molar-refractivity contribution in [3.63, 3.8) is 0 Å². The number of ether oxygens (including phenoxy) is 1. The summed E-state index contributed by atoms with van der Waals surface area (Å²) in [7, 11) is 0. The number of aromatic nitrogens is 2. The molecule has 1 atom stereocenters. The Balaban J connectivity index is 1.58. The number of morpholine rings is 1. The fourth-order valence-electron chi connectivity index (χ4n) is 4.44. The lowest BCUT2D eigenvalue weighted by molar-refractivity contribution is -0.113. The summed E-state index contributed by atoms with van der Waals surface area (Å²) in [5.74, 6) is -2.02. The van der Waals surface area contributed by atoms with E-state index in [1.807, 2.05) is 13.0 Å². The fourth-order valence-corrected chi connectivity index (χ4v) is 4.44. The van der Waals surface area contributed by atoms with Crippen molar-refractivity contribution < 1.29 is 28.2 Å². The molecule has 5 rings (SSSR count). The normalized spacial score (nSPS) is 18.3. The number of imidazole rings is 1. The number of halogens is 2. The number of carboxylic acid groups (broad SMARTS) is 1. The van der Waals surface area contributed by atoms with Crippen LogP contribution in [0.1, 0.15) is 11.3 Å². The molecule has 0 saturated carbocycles. The monoisotopic (exact) mass is 468 g/mol. The Labute approximate surface area is 193 Å². The molecule has 0 radical (unpaired) electrons. The van der Waals surface area contributed by atoms with Crippen LogP contribution >= 0.6 is 0 Å². The van der Waals surface area contributed by atoms with Gasteiger partial charge in [0.05, 0.1) is 41.9 Å². The fraction of sp³-hybridized carbons (Fsp3) is 0.292. The van der Waals surface area contributed by atoms with Crippen molar-refractivity contribution in [1.82, 2.24) is 14.3 Å². The van der Waals surface area contributed by atoms with Gasteiger partial charge in [0.15, 0.2) is 0 Å². The summed E-state index contributed by atoms with van der Waals surface area (Å²) in [5, 5.41) is 9.35. The second-order valence-corrected chi connectivity index (χ2v) is 8.40. The maximum absolute atomic E-state index is 15.3. The zero-order valence-corrected chi connectivity index (χ0v) is 18.4. The number of benzene rings is 1. The molecule has 2 aromatic heterocycles. The van der Waals surface area contributed by atoms with Crippen LogP contribution in [0.25, 0.3) is 16.9 Å². The van der Waals surface area contributed by atoms with E-state index in [0.29, 0.717) is 11.3 Å². The topological polar surface area (TPSA) is 87.4 Å². The van der Waals surface area contributed by atoms with Crippen LogP contribution < -0.4 is 4.90 Å². The quantitative estimate of drug-likeness (QED) is 0.634. The molecule has 10 heteroatoms. The molecule has 1 fully saturated rings. The van der Waals surface area contributed by atoms with E-state index in [2.05, 4.69) is 4.98 Å². The van der Waals surface area contributed by atoms with Crippen molar-refractivity contribution >= 4 is 23.3 Å². The molecule has 34 heavy (non-hydrogen) atoms. The van der Waals surface area contributed by atoms with Gasteiger partial charge in [-0.1, -0.05) is 6.08 Å². The number of pyridine rings is 1. The molecule has 0 aliphatic carbocycles. The first-order valence-corrected chi connectivity index (χ1v) is 10.9.